The largest absolute Gasteiger partial charge is 0.345 e. The third kappa shape index (κ3) is 2.40. The van der Waals surface area contributed by atoms with Crippen molar-refractivity contribution < 1.29 is 0 Å². The minimum absolute atomic E-state index is 0.304. The molecule has 0 bridgehead atoms. The van der Waals surface area contributed by atoms with Crippen LogP contribution in [0.1, 0.15) is 25.3 Å². The molecule has 1 aromatic carbocycles. The molecule has 88 valence electrons. The predicted octanol–water partition coefficient (Wildman–Crippen LogP) is 4.58. The third-order valence-corrected chi connectivity index (χ3v) is 3.27. The smallest absolute Gasteiger partial charge is 0.133 e. The van der Waals surface area contributed by atoms with Gasteiger partial charge >= 0.3 is 0 Å². The van der Waals surface area contributed by atoms with Crippen molar-refractivity contribution in [1.29, 1.82) is 0 Å². The second-order valence-corrected chi connectivity index (χ2v) is 4.92. The molecule has 0 fully saturated rings. The van der Waals surface area contributed by atoms with Crippen molar-refractivity contribution in [1.82, 2.24) is 9.97 Å². The first-order chi connectivity index (χ1) is 8.11. The van der Waals surface area contributed by atoms with Gasteiger partial charge in [-0.25, -0.2) is 4.98 Å². The first-order valence-corrected chi connectivity index (χ1v) is 6.22. The molecule has 2 aromatic rings. The number of halogens is 1. The lowest BCUT2D eigenvalue weighted by Gasteiger charge is -2.13. The summed E-state index contributed by atoms with van der Waals surface area (Å²) in [5, 5.41) is 0.714. The Bertz CT molecular complexity index is 590. The molecule has 0 atom stereocenters. The average Bonchev–Trinajstić information content (AvgIpc) is 2.28. The fraction of sp³-hybridized carbons (Fsp3) is 0.231. The van der Waals surface area contributed by atoms with Gasteiger partial charge in [-0.05, 0) is 12.0 Å². The van der Waals surface area contributed by atoms with Crippen molar-refractivity contribution in [2.75, 3.05) is 0 Å². The highest BCUT2D eigenvalue weighted by Gasteiger charge is 2.13. The van der Waals surface area contributed by atoms with Gasteiger partial charge in [-0.15, -0.1) is 0 Å². The van der Waals surface area contributed by atoms with Gasteiger partial charge in [0.25, 0.3) is 0 Å². The van der Waals surface area contributed by atoms with E-state index in [9.17, 15) is 0 Å². The van der Waals surface area contributed by atoms with Gasteiger partial charge in [0.15, 0.2) is 0 Å². The second-order valence-electron chi connectivity index (χ2n) is 4.13. The highest BCUT2D eigenvalue weighted by molar-refractivity contribution is 7.71. The molecule has 1 aromatic heterocycles. The number of aromatic amines is 1. The van der Waals surface area contributed by atoms with Crippen molar-refractivity contribution >= 4 is 23.8 Å². The molecular formula is C13H13ClN2S. The van der Waals surface area contributed by atoms with Gasteiger partial charge in [-0.1, -0.05) is 55.9 Å². The van der Waals surface area contributed by atoms with Gasteiger partial charge in [0.2, 0.25) is 0 Å². The molecule has 4 heteroatoms. The zero-order valence-electron chi connectivity index (χ0n) is 9.70. The Morgan fingerprint density at radius 2 is 2.00 bits per heavy atom. The van der Waals surface area contributed by atoms with Crippen molar-refractivity contribution in [3.63, 3.8) is 0 Å². The van der Waals surface area contributed by atoms with Gasteiger partial charge in [0.05, 0.1) is 12.0 Å². The van der Waals surface area contributed by atoms with E-state index in [0.717, 1.165) is 16.8 Å². The summed E-state index contributed by atoms with van der Waals surface area (Å²) in [5.74, 6) is 0.304. The first-order valence-electron chi connectivity index (χ1n) is 5.43. The van der Waals surface area contributed by atoms with Crippen molar-refractivity contribution in [3.05, 3.63) is 45.8 Å². The van der Waals surface area contributed by atoms with E-state index in [1.807, 2.05) is 24.3 Å². The molecule has 17 heavy (non-hydrogen) atoms. The van der Waals surface area contributed by atoms with Crippen molar-refractivity contribution in [2.24, 2.45) is 0 Å². The summed E-state index contributed by atoms with van der Waals surface area (Å²) in [5.41, 5.74) is 2.97. The van der Waals surface area contributed by atoms with Gasteiger partial charge in [-0.2, -0.15) is 0 Å². The van der Waals surface area contributed by atoms with Crippen LogP contribution in [-0.2, 0) is 0 Å². The van der Waals surface area contributed by atoms with Crippen LogP contribution >= 0.6 is 23.8 Å². The predicted molar refractivity (Wildman–Crippen MR) is 74.0 cm³/mol. The number of H-pyrrole nitrogens is 1. The molecule has 1 N–H and O–H groups in total. The number of hydrogen-bond acceptors (Lipinski definition) is 2. The quantitative estimate of drug-likeness (QED) is 0.804. The summed E-state index contributed by atoms with van der Waals surface area (Å²) in [4.78, 5) is 7.29. The van der Waals surface area contributed by atoms with E-state index in [1.165, 1.54) is 0 Å². The number of benzene rings is 1. The fourth-order valence-electron chi connectivity index (χ4n) is 1.83. The summed E-state index contributed by atoms with van der Waals surface area (Å²) < 4.78 is 0.633. The Balaban J connectivity index is 2.73. The van der Waals surface area contributed by atoms with Crippen LogP contribution in [-0.4, -0.2) is 9.97 Å². The van der Waals surface area contributed by atoms with E-state index in [-0.39, 0.29) is 0 Å². The molecule has 0 aliphatic heterocycles. The number of aromatic nitrogens is 2. The molecule has 0 radical (unpaired) electrons. The Morgan fingerprint density at radius 1 is 1.29 bits per heavy atom. The second kappa shape index (κ2) is 4.98. The molecule has 0 spiro atoms. The fourth-order valence-corrected chi connectivity index (χ4v) is 2.45. The lowest BCUT2D eigenvalue weighted by molar-refractivity contribution is 0.844. The van der Waals surface area contributed by atoms with Crippen LogP contribution in [0.4, 0.5) is 0 Å². The van der Waals surface area contributed by atoms with E-state index in [1.54, 1.807) is 6.33 Å². The molecule has 0 aliphatic carbocycles. The topological polar surface area (TPSA) is 28.7 Å². The van der Waals surface area contributed by atoms with Gasteiger partial charge in [0.1, 0.15) is 4.64 Å². The van der Waals surface area contributed by atoms with Crippen molar-refractivity contribution in [2.45, 2.75) is 19.8 Å². The van der Waals surface area contributed by atoms with Gasteiger partial charge in [0, 0.05) is 16.1 Å². The number of hydrogen-bond donors (Lipinski definition) is 1. The lowest BCUT2D eigenvalue weighted by atomic mass is 9.99. The maximum absolute atomic E-state index is 6.21. The van der Waals surface area contributed by atoms with Crippen LogP contribution in [0.3, 0.4) is 0 Å². The van der Waals surface area contributed by atoms with Crippen LogP contribution in [0.25, 0.3) is 11.3 Å². The summed E-state index contributed by atoms with van der Waals surface area (Å²) in [6, 6.07) is 7.73. The highest BCUT2D eigenvalue weighted by Crippen LogP contribution is 2.31. The minimum Gasteiger partial charge on any atom is -0.345 e. The van der Waals surface area contributed by atoms with Crippen LogP contribution in [0, 0.1) is 4.64 Å². The Hall–Kier alpha value is -1.19. The molecular weight excluding hydrogens is 252 g/mol. The molecule has 0 amide bonds. The minimum atomic E-state index is 0.304. The first kappa shape index (κ1) is 12.3. The average molecular weight is 265 g/mol. The summed E-state index contributed by atoms with van der Waals surface area (Å²) >= 11 is 11.5. The molecule has 2 rings (SSSR count). The highest BCUT2D eigenvalue weighted by atomic mass is 35.5. The standard InChI is InChI=1S/C13H13ClN2S/c1-8(2)11-12(15-7-16-13(11)17)9-5-3-4-6-10(9)14/h3-8H,1-2H3,(H,15,16,17). The summed E-state index contributed by atoms with van der Waals surface area (Å²) in [7, 11) is 0. The molecule has 0 unspecified atom stereocenters. The maximum Gasteiger partial charge on any atom is 0.133 e. The molecule has 0 saturated carbocycles. The van der Waals surface area contributed by atoms with Gasteiger partial charge < -0.3 is 4.98 Å². The van der Waals surface area contributed by atoms with Crippen LogP contribution in [0.2, 0.25) is 5.02 Å². The van der Waals surface area contributed by atoms with Crippen LogP contribution in [0.15, 0.2) is 30.6 Å². The monoisotopic (exact) mass is 264 g/mol. The van der Waals surface area contributed by atoms with E-state index >= 15 is 0 Å². The Kier molecular flexibility index (Phi) is 3.60. The van der Waals surface area contributed by atoms with Crippen LogP contribution in [0.5, 0.6) is 0 Å². The number of nitrogens with zero attached hydrogens (tertiary/aromatic N) is 1. The van der Waals surface area contributed by atoms with Gasteiger partial charge in [-0.3, -0.25) is 0 Å². The Labute approximate surface area is 111 Å². The van der Waals surface area contributed by atoms with Crippen molar-refractivity contribution in [3.8, 4) is 11.3 Å². The third-order valence-electron chi connectivity index (χ3n) is 2.61. The zero-order valence-corrected chi connectivity index (χ0v) is 11.3. The summed E-state index contributed by atoms with van der Waals surface area (Å²) in [6.45, 7) is 4.20. The van der Waals surface area contributed by atoms with E-state index in [2.05, 4.69) is 23.8 Å². The molecule has 0 aliphatic rings. The molecule has 2 nitrogen and oxygen atoms in total. The summed E-state index contributed by atoms with van der Waals surface area (Å²) in [6.07, 6.45) is 1.62. The number of rotatable bonds is 2. The Morgan fingerprint density at radius 3 is 2.65 bits per heavy atom. The van der Waals surface area contributed by atoms with E-state index in [0.29, 0.717) is 15.6 Å². The number of nitrogens with one attached hydrogen (secondary N) is 1. The van der Waals surface area contributed by atoms with E-state index < -0.39 is 0 Å². The SMILES string of the molecule is CC(C)c1c(-c2ccccc2Cl)[nH]cnc1=S. The maximum atomic E-state index is 6.21. The zero-order chi connectivity index (χ0) is 12.4. The molecule has 0 saturated heterocycles. The lowest BCUT2D eigenvalue weighted by Crippen LogP contribution is -1.99. The van der Waals surface area contributed by atoms with E-state index in [4.69, 9.17) is 23.8 Å². The van der Waals surface area contributed by atoms with Crippen LogP contribution < -0.4 is 0 Å². The molecule has 1 heterocycles. The normalized spacial score (nSPS) is 10.8.